The van der Waals surface area contributed by atoms with E-state index in [4.69, 9.17) is 8.83 Å². The van der Waals surface area contributed by atoms with Crippen molar-refractivity contribution >= 4 is 82.5 Å². The SMILES string of the molecule is c1ccc(-c2ccc(-c3c(N(c4cccc(-c5cccc6oc7ccccc7c56)c4)c4cccc5oc6ccccc6c45)c4ccccc4c4ccccc34)cc2)cc1. The molecule has 3 heteroatoms. The molecule has 59 heavy (non-hydrogen) atoms. The highest BCUT2D eigenvalue weighted by atomic mass is 16.3. The van der Waals surface area contributed by atoms with Gasteiger partial charge in [-0.25, -0.2) is 0 Å². The Hall–Kier alpha value is -7.88. The Kier molecular flexibility index (Phi) is 7.54. The molecule has 12 rings (SSSR count). The van der Waals surface area contributed by atoms with Gasteiger partial charge in [0.1, 0.15) is 22.3 Å². The zero-order valence-electron chi connectivity index (χ0n) is 32.0. The first-order chi connectivity index (χ1) is 29.3. The van der Waals surface area contributed by atoms with Crippen molar-refractivity contribution in [2.24, 2.45) is 0 Å². The van der Waals surface area contributed by atoms with Gasteiger partial charge in [-0.3, -0.25) is 0 Å². The minimum absolute atomic E-state index is 0.846. The van der Waals surface area contributed by atoms with Crippen LogP contribution in [0.5, 0.6) is 0 Å². The van der Waals surface area contributed by atoms with E-state index in [1.165, 1.54) is 27.3 Å². The molecule has 0 spiro atoms. The Labute approximate surface area is 340 Å². The molecule has 276 valence electrons. The first kappa shape index (κ1) is 33.3. The molecule has 0 N–H and O–H groups in total. The molecule has 0 aliphatic carbocycles. The van der Waals surface area contributed by atoms with Crippen LogP contribution in [0.3, 0.4) is 0 Å². The number of nitrogens with zero attached hydrogens (tertiary/aromatic N) is 1. The smallest absolute Gasteiger partial charge is 0.137 e. The summed E-state index contributed by atoms with van der Waals surface area (Å²) in [6.07, 6.45) is 0. The molecule has 0 unspecified atom stereocenters. The highest BCUT2D eigenvalue weighted by Gasteiger charge is 2.27. The lowest BCUT2D eigenvalue weighted by atomic mass is 9.89. The molecule has 0 saturated carbocycles. The highest BCUT2D eigenvalue weighted by Crippen LogP contribution is 2.52. The second kappa shape index (κ2) is 13.4. The lowest BCUT2D eigenvalue weighted by Crippen LogP contribution is -2.13. The van der Waals surface area contributed by atoms with E-state index < -0.39 is 0 Å². The number of furan rings is 2. The largest absolute Gasteiger partial charge is 0.456 e. The zero-order chi connectivity index (χ0) is 38.9. The quantitative estimate of drug-likeness (QED) is 0.158. The number of hydrogen-bond acceptors (Lipinski definition) is 3. The first-order valence-corrected chi connectivity index (χ1v) is 20.1. The zero-order valence-corrected chi connectivity index (χ0v) is 32.0. The van der Waals surface area contributed by atoms with Crippen LogP contribution in [0.15, 0.2) is 221 Å². The van der Waals surface area contributed by atoms with Crippen molar-refractivity contribution in [1.29, 1.82) is 0 Å². The molecule has 0 fully saturated rings. The van der Waals surface area contributed by atoms with E-state index in [0.29, 0.717) is 0 Å². The summed E-state index contributed by atoms with van der Waals surface area (Å²) < 4.78 is 13.0. The van der Waals surface area contributed by atoms with Gasteiger partial charge in [0, 0.05) is 32.8 Å². The number of fused-ring (bicyclic) bond motifs is 9. The molecule has 3 nitrogen and oxygen atoms in total. The number of anilines is 3. The standard InChI is InChI=1S/C56H35NO2/c1-2-15-36(16-3-1)37-31-33-38(34-32-37)53-44-21-6-4-19-42(44)43-20-5-7-22-45(43)56(53)57(48-26-14-30-52-55(48)47-24-9-11-28-50(47)59-52)40-18-12-17-39(35-40)41-25-13-29-51-54(41)46-23-8-10-27-49(46)58-51/h1-35H. The second-order valence-corrected chi connectivity index (χ2v) is 15.2. The summed E-state index contributed by atoms with van der Waals surface area (Å²) >= 11 is 0. The highest BCUT2D eigenvalue weighted by molar-refractivity contribution is 6.24. The third kappa shape index (κ3) is 5.29. The Balaban J connectivity index is 1.20. The summed E-state index contributed by atoms with van der Waals surface area (Å²) in [6, 6.07) is 75.9. The average molecular weight is 754 g/mol. The minimum atomic E-state index is 0.846. The topological polar surface area (TPSA) is 29.5 Å². The van der Waals surface area contributed by atoms with Crippen molar-refractivity contribution < 1.29 is 8.83 Å². The van der Waals surface area contributed by atoms with Crippen LogP contribution in [0.2, 0.25) is 0 Å². The van der Waals surface area contributed by atoms with Crippen LogP contribution in [0.4, 0.5) is 17.1 Å². The molecule has 0 saturated heterocycles. The summed E-state index contributed by atoms with van der Waals surface area (Å²) in [5.74, 6) is 0. The van der Waals surface area contributed by atoms with Crippen LogP contribution < -0.4 is 4.90 Å². The van der Waals surface area contributed by atoms with Crippen molar-refractivity contribution in [3.8, 4) is 33.4 Å². The van der Waals surface area contributed by atoms with E-state index in [0.717, 1.165) is 88.6 Å². The number of rotatable bonds is 6. The Morgan fingerprint density at radius 1 is 0.305 bits per heavy atom. The van der Waals surface area contributed by atoms with Gasteiger partial charge in [0.2, 0.25) is 0 Å². The molecular weight excluding hydrogens is 719 g/mol. The number of para-hydroxylation sites is 2. The fourth-order valence-corrected chi connectivity index (χ4v) is 9.27. The van der Waals surface area contributed by atoms with Gasteiger partial charge in [-0.05, 0) is 86.4 Å². The van der Waals surface area contributed by atoms with Gasteiger partial charge in [-0.15, -0.1) is 0 Å². The van der Waals surface area contributed by atoms with Gasteiger partial charge < -0.3 is 13.7 Å². The molecule has 0 amide bonds. The molecule has 2 heterocycles. The summed E-state index contributed by atoms with van der Waals surface area (Å²) in [4.78, 5) is 2.48. The number of hydrogen-bond donors (Lipinski definition) is 0. The predicted octanol–water partition coefficient (Wildman–Crippen LogP) is 16.3. The third-order valence-electron chi connectivity index (χ3n) is 11.8. The van der Waals surface area contributed by atoms with E-state index in [2.05, 4.69) is 199 Å². The summed E-state index contributed by atoms with van der Waals surface area (Å²) in [5.41, 5.74) is 13.6. The van der Waals surface area contributed by atoms with Crippen LogP contribution >= 0.6 is 0 Å². The molecule has 12 aromatic rings. The van der Waals surface area contributed by atoms with Crippen LogP contribution in [-0.4, -0.2) is 0 Å². The van der Waals surface area contributed by atoms with Gasteiger partial charge in [-0.2, -0.15) is 0 Å². The summed E-state index contributed by atoms with van der Waals surface area (Å²) in [6.45, 7) is 0. The van der Waals surface area contributed by atoms with E-state index in [1.807, 2.05) is 18.2 Å². The molecule has 0 radical (unpaired) electrons. The normalized spacial score (nSPS) is 11.7. The fraction of sp³-hybridized carbons (Fsp3) is 0. The van der Waals surface area contributed by atoms with Crippen molar-refractivity contribution in [2.45, 2.75) is 0 Å². The Morgan fingerprint density at radius 3 is 1.53 bits per heavy atom. The van der Waals surface area contributed by atoms with Crippen molar-refractivity contribution in [3.05, 3.63) is 212 Å². The minimum Gasteiger partial charge on any atom is -0.456 e. The van der Waals surface area contributed by atoms with E-state index in [-0.39, 0.29) is 0 Å². The van der Waals surface area contributed by atoms with Crippen molar-refractivity contribution in [2.75, 3.05) is 4.90 Å². The van der Waals surface area contributed by atoms with Crippen molar-refractivity contribution in [3.63, 3.8) is 0 Å². The molecule has 0 aliphatic rings. The average Bonchev–Trinajstić information content (AvgIpc) is 3.89. The van der Waals surface area contributed by atoms with E-state index in [9.17, 15) is 0 Å². The number of benzene rings is 10. The van der Waals surface area contributed by atoms with E-state index in [1.54, 1.807) is 0 Å². The Bertz CT molecular complexity index is 3560. The summed E-state index contributed by atoms with van der Waals surface area (Å²) in [7, 11) is 0. The monoisotopic (exact) mass is 753 g/mol. The lowest BCUT2D eigenvalue weighted by molar-refractivity contribution is 0.668. The van der Waals surface area contributed by atoms with Gasteiger partial charge >= 0.3 is 0 Å². The molecule has 0 bridgehead atoms. The van der Waals surface area contributed by atoms with Crippen LogP contribution in [-0.2, 0) is 0 Å². The van der Waals surface area contributed by atoms with Crippen LogP contribution in [0.25, 0.3) is 98.8 Å². The summed E-state index contributed by atoms with van der Waals surface area (Å²) in [5, 5.41) is 9.13. The van der Waals surface area contributed by atoms with Gasteiger partial charge in [0.15, 0.2) is 0 Å². The molecule has 0 aliphatic heterocycles. The van der Waals surface area contributed by atoms with Crippen LogP contribution in [0.1, 0.15) is 0 Å². The van der Waals surface area contributed by atoms with Gasteiger partial charge in [0.05, 0.1) is 16.8 Å². The first-order valence-electron chi connectivity index (χ1n) is 20.1. The molecule has 2 aromatic heterocycles. The van der Waals surface area contributed by atoms with Crippen molar-refractivity contribution in [1.82, 2.24) is 0 Å². The maximum absolute atomic E-state index is 6.58. The molecule has 10 aromatic carbocycles. The fourth-order valence-electron chi connectivity index (χ4n) is 9.27. The second-order valence-electron chi connectivity index (χ2n) is 15.2. The van der Waals surface area contributed by atoms with Crippen LogP contribution in [0, 0.1) is 0 Å². The maximum Gasteiger partial charge on any atom is 0.137 e. The van der Waals surface area contributed by atoms with Gasteiger partial charge in [0.25, 0.3) is 0 Å². The predicted molar refractivity (Wildman–Crippen MR) is 247 cm³/mol. The molecular formula is C56H35NO2. The lowest BCUT2D eigenvalue weighted by Gasteiger charge is -2.31. The third-order valence-corrected chi connectivity index (χ3v) is 11.8. The molecule has 0 atom stereocenters. The maximum atomic E-state index is 6.58. The van der Waals surface area contributed by atoms with Gasteiger partial charge in [-0.1, -0.05) is 170 Å². The Morgan fingerprint density at radius 2 is 0.797 bits per heavy atom. The van der Waals surface area contributed by atoms with E-state index >= 15 is 0 Å².